The van der Waals surface area contributed by atoms with Crippen molar-refractivity contribution >= 4 is 21.5 Å². The summed E-state index contributed by atoms with van der Waals surface area (Å²) in [6.07, 6.45) is 0.628. The summed E-state index contributed by atoms with van der Waals surface area (Å²) in [5, 5.41) is 7.39. The molecule has 0 saturated heterocycles. The zero-order valence-corrected chi connectivity index (χ0v) is 16.2. The second-order valence-corrected chi connectivity index (χ2v) is 7.92. The number of nitrogens with one attached hydrogen (secondary N) is 2. The van der Waals surface area contributed by atoms with Crippen molar-refractivity contribution in [1.82, 2.24) is 0 Å². The highest BCUT2D eigenvalue weighted by molar-refractivity contribution is 7.92. The molecule has 0 bridgehead atoms. The maximum Gasteiger partial charge on any atom is 0.264 e. The quantitative estimate of drug-likeness (QED) is 0.388. The van der Waals surface area contributed by atoms with E-state index in [-0.39, 0.29) is 11.5 Å². The van der Waals surface area contributed by atoms with Gasteiger partial charge < -0.3 is 10.5 Å². The molecule has 0 amide bonds. The molecule has 0 atom stereocenters. The van der Waals surface area contributed by atoms with E-state index in [1.807, 2.05) is 12.1 Å². The fourth-order valence-corrected chi connectivity index (χ4v) is 3.79. The van der Waals surface area contributed by atoms with Crippen molar-refractivity contribution in [2.45, 2.75) is 11.3 Å². The van der Waals surface area contributed by atoms with E-state index >= 15 is 0 Å². The third-order valence-corrected chi connectivity index (χ3v) is 5.55. The monoisotopic (exact) mass is 413 g/mol. The average Bonchev–Trinajstić information content (AvgIpc) is 2.68. The van der Waals surface area contributed by atoms with E-state index in [0.717, 1.165) is 11.6 Å². The molecular weight excluding hydrogens is 393 g/mol. The molecule has 0 radical (unpaired) electrons. The first-order chi connectivity index (χ1) is 13.8. The van der Waals surface area contributed by atoms with Crippen LogP contribution in [0, 0.1) is 11.2 Å². The normalized spacial score (nSPS) is 11.1. The van der Waals surface area contributed by atoms with E-state index in [2.05, 4.69) is 4.72 Å². The zero-order chi connectivity index (χ0) is 20.9. The van der Waals surface area contributed by atoms with Crippen molar-refractivity contribution in [1.29, 1.82) is 5.41 Å². The van der Waals surface area contributed by atoms with E-state index in [4.69, 9.17) is 15.9 Å². The van der Waals surface area contributed by atoms with Gasteiger partial charge in [0.25, 0.3) is 10.0 Å². The van der Waals surface area contributed by atoms with Crippen LogP contribution in [0.5, 0.6) is 5.75 Å². The highest BCUT2D eigenvalue weighted by Gasteiger charge is 2.18. The number of amidine groups is 1. The van der Waals surface area contributed by atoms with E-state index in [1.54, 1.807) is 30.3 Å². The highest BCUT2D eigenvalue weighted by atomic mass is 32.2. The topological polar surface area (TPSA) is 105 Å². The second kappa shape index (κ2) is 8.74. The molecule has 0 spiro atoms. The molecule has 0 aliphatic rings. The van der Waals surface area contributed by atoms with Gasteiger partial charge in [0.1, 0.15) is 22.3 Å². The van der Waals surface area contributed by atoms with Crippen LogP contribution in [0.4, 0.5) is 10.1 Å². The number of benzene rings is 3. The molecule has 6 nitrogen and oxygen atoms in total. The van der Waals surface area contributed by atoms with E-state index in [9.17, 15) is 12.8 Å². The maximum absolute atomic E-state index is 13.8. The first-order valence-corrected chi connectivity index (χ1v) is 10.3. The Morgan fingerprint density at radius 1 is 1.03 bits per heavy atom. The van der Waals surface area contributed by atoms with Gasteiger partial charge in [-0.25, -0.2) is 12.8 Å². The van der Waals surface area contributed by atoms with Crippen LogP contribution in [0.1, 0.15) is 11.1 Å². The summed E-state index contributed by atoms with van der Waals surface area (Å²) in [6, 6.07) is 18.9. The number of rotatable bonds is 8. The van der Waals surface area contributed by atoms with Crippen LogP contribution >= 0.6 is 0 Å². The third kappa shape index (κ3) is 5.32. The van der Waals surface area contributed by atoms with Crippen molar-refractivity contribution in [2.24, 2.45) is 5.73 Å². The van der Waals surface area contributed by atoms with E-state index < -0.39 is 20.7 Å². The van der Waals surface area contributed by atoms with Crippen molar-refractivity contribution in [3.05, 3.63) is 89.7 Å². The zero-order valence-electron chi connectivity index (χ0n) is 15.4. The van der Waals surface area contributed by atoms with Gasteiger partial charge >= 0.3 is 0 Å². The van der Waals surface area contributed by atoms with Gasteiger partial charge in [0, 0.05) is 18.1 Å². The lowest BCUT2D eigenvalue weighted by molar-refractivity contribution is 0.322. The molecule has 0 fully saturated rings. The molecule has 3 rings (SSSR count). The smallest absolute Gasteiger partial charge is 0.264 e. The molecule has 0 aliphatic carbocycles. The lowest BCUT2D eigenvalue weighted by Crippen LogP contribution is -2.14. The third-order valence-electron chi connectivity index (χ3n) is 4.14. The molecule has 3 aromatic rings. The summed E-state index contributed by atoms with van der Waals surface area (Å²) >= 11 is 0. The summed E-state index contributed by atoms with van der Waals surface area (Å²) in [4.78, 5) is -0.416. The van der Waals surface area contributed by atoms with Crippen LogP contribution in [0.15, 0.2) is 77.7 Å². The van der Waals surface area contributed by atoms with Gasteiger partial charge in [-0.3, -0.25) is 10.1 Å². The van der Waals surface area contributed by atoms with Gasteiger partial charge in [-0.2, -0.15) is 0 Å². The number of sulfonamides is 1. The number of hydrogen-bond acceptors (Lipinski definition) is 4. The molecule has 3 aromatic carbocycles. The summed E-state index contributed by atoms with van der Waals surface area (Å²) in [6.45, 7) is 0.378. The SMILES string of the molecule is N=C(N)c1ccc(CCOc2cccc(NS(=O)(=O)c3ccccc3F)c2)cc1. The average molecular weight is 413 g/mol. The van der Waals surface area contributed by atoms with Crippen molar-refractivity contribution < 1.29 is 17.5 Å². The standard InChI is InChI=1S/C21H20FN3O3S/c22-19-6-1-2-7-20(19)29(26,27)25-17-4-3-5-18(14-17)28-13-12-15-8-10-16(11-9-15)21(23)24/h1-11,14,25H,12-13H2,(H3,23,24). The number of hydrogen-bond donors (Lipinski definition) is 3. The highest BCUT2D eigenvalue weighted by Crippen LogP contribution is 2.22. The Balaban J connectivity index is 1.62. The number of halogens is 1. The van der Waals surface area contributed by atoms with Gasteiger partial charge in [0.15, 0.2) is 0 Å². The van der Waals surface area contributed by atoms with E-state index in [0.29, 0.717) is 24.3 Å². The number of nitrogen functional groups attached to an aromatic ring is 1. The molecule has 0 saturated carbocycles. The van der Waals surface area contributed by atoms with Gasteiger partial charge in [-0.05, 0) is 29.8 Å². The Labute approximate surface area is 168 Å². The minimum atomic E-state index is -4.04. The first kappa shape index (κ1) is 20.3. The summed E-state index contributed by atoms with van der Waals surface area (Å²) in [7, 11) is -4.04. The van der Waals surface area contributed by atoms with Gasteiger partial charge in [0.05, 0.1) is 12.3 Å². The lowest BCUT2D eigenvalue weighted by atomic mass is 10.1. The number of nitrogens with two attached hydrogens (primary N) is 1. The lowest BCUT2D eigenvalue weighted by Gasteiger charge is -2.11. The molecule has 4 N–H and O–H groups in total. The van der Waals surface area contributed by atoms with Crippen LogP contribution in [0.25, 0.3) is 0 Å². The molecule has 0 unspecified atom stereocenters. The van der Waals surface area contributed by atoms with Crippen LogP contribution in [0.2, 0.25) is 0 Å². The van der Waals surface area contributed by atoms with Gasteiger partial charge in [0.2, 0.25) is 0 Å². The summed E-state index contributed by atoms with van der Waals surface area (Å²) in [5.74, 6) is -0.315. The second-order valence-electron chi connectivity index (χ2n) is 6.27. The van der Waals surface area contributed by atoms with Crippen molar-refractivity contribution in [3.8, 4) is 5.75 Å². The van der Waals surface area contributed by atoms with E-state index in [1.165, 1.54) is 24.3 Å². The minimum absolute atomic E-state index is 0.0162. The summed E-state index contributed by atoms with van der Waals surface area (Å²) < 4.78 is 46.6. The fraction of sp³-hybridized carbons (Fsp3) is 0.0952. The Morgan fingerprint density at radius 3 is 2.45 bits per heavy atom. The molecule has 0 heterocycles. The molecule has 0 aliphatic heterocycles. The van der Waals surface area contributed by atoms with Crippen LogP contribution in [0.3, 0.4) is 0 Å². The molecule has 0 aromatic heterocycles. The first-order valence-electron chi connectivity index (χ1n) is 8.79. The van der Waals surface area contributed by atoms with Crippen LogP contribution in [-0.2, 0) is 16.4 Å². The predicted molar refractivity (Wildman–Crippen MR) is 110 cm³/mol. The largest absolute Gasteiger partial charge is 0.493 e. The van der Waals surface area contributed by atoms with Crippen LogP contribution in [-0.4, -0.2) is 20.9 Å². The number of anilines is 1. The fourth-order valence-electron chi connectivity index (χ4n) is 2.66. The molecule has 29 heavy (non-hydrogen) atoms. The Hall–Kier alpha value is -3.39. The Morgan fingerprint density at radius 2 is 1.76 bits per heavy atom. The maximum atomic E-state index is 13.8. The van der Waals surface area contributed by atoms with Crippen molar-refractivity contribution in [2.75, 3.05) is 11.3 Å². The van der Waals surface area contributed by atoms with Crippen molar-refractivity contribution in [3.63, 3.8) is 0 Å². The summed E-state index contributed by atoms with van der Waals surface area (Å²) in [5.41, 5.74) is 7.38. The van der Waals surface area contributed by atoms with Gasteiger partial charge in [-0.15, -0.1) is 0 Å². The molecular formula is C21H20FN3O3S. The minimum Gasteiger partial charge on any atom is -0.493 e. The van der Waals surface area contributed by atoms with Crippen LogP contribution < -0.4 is 15.2 Å². The molecule has 150 valence electrons. The number of ether oxygens (including phenoxy) is 1. The Kier molecular flexibility index (Phi) is 6.13. The Bertz CT molecular complexity index is 1120. The molecule has 8 heteroatoms. The van der Waals surface area contributed by atoms with Gasteiger partial charge in [-0.1, -0.05) is 42.5 Å². The predicted octanol–water partition coefficient (Wildman–Crippen LogP) is 3.53.